The first-order valence-corrected chi connectivity index (χ1v) is 7.43. The number of hydrogen-bond acceptors (Lipinski definition) is 4. The molecule has 0 aliphatic heterocycles. The van der Waals surface area contributed by atoms with Crippen LogP contribution in [0.5, 0.6) is 0 Å². The van der Waals surface area contributed by atoms with Crippen molar-refractivity contribution in [2.24, 2.45) is 7.05 Å². The van der Waals surface area contributed by atoms with Gasteiger partial charge in [0, 0.05) is 24.3 Å². The number of benzene rings is 1. The average Bonchev–Trinajstić information content (AvgIpc) is 2.99. The van der Waals surface area contributed by atoms with E-state index in [1.54, 1.807) is 16.8 Å². The Kier molecular flexibility index (Phi) is 3.60. The minimum Gasteiger partial charge on any atom is -0.481 e. The number of rotatable bonds is 4. The van der Waals surface area contributed by atoms with E-state index in [0.717, 1.165) is 22.8 Å². The predicted molar refractivity (Wildman–Crippen MR) is 81.2 cm³/mol. The second kappa shape index (κ2) is 5.42. The Morgan fingerprint density at radius 1 is 1.43 bits per heavy atom. The standard InChI is InChI=1S/C13H11ClN4O2S/c1-17-5-4-11(16-17)18-10-6-8(14)2-3-9(10)15-13(18)21-7-12(19)20/h2-6H,7H2,1H3,(H,19,20). The van der Waals surface area contributed by atoms with Gasteiger partial charge in [-0.3, -0.25) is 14.0 Å². The van der Waals surface area contributed by atoms with Crippen LogP contribution in [0.4, 0.5) is 0 Å². The van der Waals surface area contributed by atoms with Gasteiger partial charge in [0.25, 0.3) is 0 Å². The van der Waals surface area contributed by atoms with Gasteiger partial charge in [-0.1, -0.05) is 23.4 Å². The number of imidazole rings is 1. The van der Waals surface area contributed by atoms with Crippen LogP contribution in [0.2, 0.25) is 5.02 Å². The molecule has 21 heavy (non-hydrogen) atoms. The lowest BCUT2D eigenvalue weighted by atomic mass is 10.3. The van der Waals surface area contributed by atoms with Crippen molar-refractivity contribution in [1.82, 2.24) is 19.3 Å². The third-order valence-electron chi connectivity index (χ3n) is 2.84. The number of nitrogens with zero attached hydrogens (tertiary/aromatic N) is 4. The lowest BCUT2D eigenvalue weighted by Crippen LogP contribution is -2.03. The van der Waals surface area contributed by atoms with Crippen LogP contribution in [0.3, 0.4) is 0 Å². The summed E-state index contributed by atoms with van der Waals surface area (Å²) >= 11 is 7.20. The van der Waals surface area contributed by atoms with E-state index < -0.39 is 5.97 Å². The number of carboxylic acids is 1. The van der Waals surface area contributed by atoms with E-state index in [9.17, 15) is 4.79 Å². The Balaban J connectivity index is 2.18. The number of carbonyl (C=O) groups is 1. The maximum Gasteiger partial charge on any atom is 0.313 e. The fraction of sp³-hybridized carbons (Fsp3) is 0.154. The Morgan fingerprint density at radius 2 is 2.24 bits per heavy atom. The van der Waals surface area contributed by atoms with E-state index in [4.69, 9.17) is 16.7 Å². The molecule has 0 radical (unpaired) electrons. The summed E-state index contributed by atoms with van der Waals surface area (Å²) in [4.78, 5) is 15.3. The highest BCUT2D eigenvalue weighted by Crippen LogP contribution is 2.28. The molecular weight excluding hydrogens is 312 g/mol. The van der Waals surface area contributed by atoms with Crippen molar-refractivity contribution < 1.29 is 9.90 Å². The normalized spacial score (nSPS) is 11.1. The second-order valence-corrected chi connectivity index (χ2v) is 5.77. The van der Waals surface area contributed by atoms with Crippen LogP contribution in [0.15, 0.2) is 35.6 Å². The number of fused-ring (bicyclic) bond motifs is 1. The third-order valence-corrected chi connectivity index (χ3v) is 4.00. The monoisotopic (exact) mass is 322 g/mol. The van der Waals surface area contributed by atoms with Crippen molar-refractivity contribution in [2.45, 2.75) is 5.16 Å². The molecular formula is C13H11ClN4O2S. The first kappa shape index (κ1) is 14.0. The lowest BCUT2D eigenvalue weighted by Gasteiger charge is -2.04. The molecule has 0 fully saturated rings. The first-order valence-electron chi connectivity index (χ1n) is 6.07. The summed E-state index contributed by atoms with van der Waals surface area (Å²) in [6, 6.07) is 7.20. The van der Waals surface area contributed by atoms with Gasteiger partial charge < -0.3 is 5.11 Å². The van der Waals surface area contributed by atoms with Gasteiger partial charge in [0.05, 0.1) is 16.8 Å². The van der Waals surface area contributed by atoms with Crippen molar-refractivity contribution >= 4 is 40.4 Å². The van der Waals surface area contributed by atoms with Crippen LogP contribution in [0, 0.1) is 0 Å². The third kappa shape index (κ3) is 2.74. The van der Waals surface area contributed by atoms with Crippen molar-refractivity contribution in [2.75, 3.05) is 5.75 Å². The second-order valence-electron chi connectivity index (χ2n) is 4.39. The maximum absolute atomic E-state index is 10.8. The molecule has 8 heteroatoms. The molecule has 108 valence electrons. The van der Waals surface area contributed by atoms with Gasteiger partial charge in [-0.15, -0.1) is 0 Å². The molecule has 0 atom stereocenters. The van der Waals surface area contributed by atoms with E-state index in [1.807, 2.05) is 29.9 Å². The molecule has 0 bridgehead atoms. The van der Waals surface area contributed by atoms with Gasteiger partial charge in [0.2, 0.25) is 0 Å². The van der Waals surface area contributed by atoms with E-state index >= 15 is 0 Å². The molecule has 0 saturated heterocycles. The molecule has 0 aliphatic carbocycles. The van der Waals surface area contributed by atoms with Gasteiger partial charge in [-0.25, -0.2) is 4.98 Å². The zero-order valence-corrected chi connectivity index (χ0v) is 12.6. The summed E-state index contributed by atoms with van der Waals surface area (Å²) in [6.45, 7) is 0. The molecule has 0 unspecified atom stereocenters. The Labute approximate surface area is 129 Å². The van der Waals surface area contributed by atoms with Gasteiger partial charge in [0.1, 0.15) is 0 Å². The van der Waals surface area contributed by atoms with Gasteiger partial charge in [-0.2, -0.15) is 5.10 Å². The summed E-state index contributed by atoms with van der Waals surface area (Å²) in [7, 11) is 1.82. The quantitative estimate of drug-likeness (QED) is 0.747. The van der Waals surface area contributed by atoms with E-state index in [0.29, 0.717) is 16.0 Å². The SMILES string of the molecule is Cn1ccc(-n2c(SCC(=O)O)nc3ccc(Cl)cc32)n1. The zero-order valence-electron chi connectivity index (χ0n) is 11.0. The molecule has 3 rings (SSSR count). The minimum absolute atomic E-state index is 0.0656. The highest BCUT2D eigenvalue weighted by Gasteiger charge is 2.16. The Bertz CT molecular complexity index is 827. The van der Waals surface area contributed by atoms with Gasteiger partial charge in [0.15, 0.2) is 11.0 Å². The van der Waals surface area contributed by atoms with Crippen LogP contribution in [-0.2, 0) is 11.8 Å². The Hall–Kier alpha value is -1.99. The number of carboxylic acid groups (broad SMARTS) is 1. The summed E-state index contributed by atoms with van der Waals surface area (Å²) in [5.74, 6) is -0.281. The number of aryl methyl sites for hydroxylation is 1. The molecule has 0 saturated carbocycles. The van der Waals surface area contributed by atoms with Gasteiger partial charge >= 0.3 is 5.97 Å². The molecule has 0 spiro atoms. The van der Waals surface area contributed by atoms with Gasteiger partial charge in [-0.05, 0) is 18.2 Å². The smallest absolute Gasteiger partial charge is 0.313 e. The molecule has 0 aliphatic rings. The Morgan fingerprint density at radius 3 is 2.90 bits per heavy atom. The molecule has 2 heterocycles. The van der Waals surface area contributed by atoms with E-state index in [-0.39, 0.29) is 5.75 Å². The molecule has 1 N–H and O–H groups in total. The zero-order chi connectivity index (χ0) is 15.0. The molecule has 2 aromatic heterocycles. The van der Waals surface area contributed by atoms with E-state index in [1.165, 1.54) is 0 Å². The molecule has 3 aromatic rings. The number of aromatic nitrogens is 4. The lowest BCUT2D eigenvalue weighted by molar-refractivity contribution is -0.133. The van der Waals surface area contributed by atoms with Crippen molar-refractivity contribution in [1.29, 1.82) is 0 Å². The topological polar surface area (TPSA) is 72.9 Å². The van der Waals surface area contributed by atoms with Crippen LogP contribution in [-0.4, -0.2) is 36.2 Å². The fourth-order valence-electron chi connectivity index (χ4n) is 1.99. The van der Waals surface area contributed by atoms with Crippen LogP contribution >= 0.6 is 23.4 Å². The minimum atomic E-state index is -0.891. The summed E-state index contributed by atoms with van der Waals surface area (Å²) in [5, 5.41) is 14.4. The number of hydrogen-bond donors (Lipinski definition) is 1. The van der Waals surface area contributed by atoms with E-state index in [2.05, 4.69) is 10.1 Å². The van der Waals surface area contributed by atoms with Crippen LogP contribution in [0.25, 0.3) is 16.9 Å². The molecule has 1 aromatic carbocycles. The first-order chi connectivity index (χ1) is 10.0. The average molecular weight is 323 g/mol. The molecule has 6 nitrogen and oxygen atoms in total. The van der Waals surface area contributed by atoms with Crippen molar-refractivity contribution in [3.8, 4) is 5.82 Å². The largest absolute Gasteiger partial charge is 0.481 e. The van der Waals surface area contributed by atoms with Crippen molar-refractivity contribution in [3.63, 3.8) is 0 Å². The summed E-state index contributed by atoms with van der Waals surface area (Å²) < 4.78 is 3.49. The number of thioether (sulfide) groups is 1. The van der Waals surface area contributed by atoms with Crippen molar-refractivity contribution in [3.05, 3.63) is 35.5 Å². The summed E-state index contributed by atoms with van der Waals surface area (Å²) in [5.41, 5.74) is 1.55. The summed E-state index contributed by atoms with van der Waals surface area (Å²) in [6.07, 6.45) is 1.82. The van der Waals surface area contributed by atoms with Crippen LogP contribution in [0.1, 0.15) is 0 Å². The highest BCUT2D eigenvalue weighted by atomic mass is 35.5. The fourth-order valence-corrected chi connectivity index (χ4v) is 2.90. The highest BCUT2D eigenvalue weighted by molar-refractivity contribution is 7.99. The maximum atomic E-state index is 10.8. The predicted octanol–water partition coefficient (Wildman–Crippen LogP) is 2.59. The molecule has 0 amide bonds. The number of halogens is 1. The van der Waals surface area contributed by atoms with Crippen LogP contribution < -0.4 is 0 Å². The number of aliphatic carboxylic acids is 1.